The molecule has 0 bridgehead atoms. The highest BCUT2D eigenvalue weighted by molar-refractivity contribution is 5.89. The van der Waals surface area contributed by atoms with Crippen molar-refractivity contribution in [1.82, 2.24) is 4.90 Å². The molecular weight excluding hydrogens is 326 g/mol. The zero-order valence-corrected chi connectivity index (χ0v) is 15.6. The summed E-state index contributed by atoms with van der Waals surface area (Å²) in [5, 5.41) is 0. The third kappa shape index (κ3) is 14.3. The van der Waals surface area contributed by atoms with E-state index in [9.17, 15) is 9.59 Å². The fourth-order valence-electron chi connectivity index (χ4n) is 1.74. The molecule has 0 rings (SSSR count). The van der Waals surface area contributed by atoms with Crippen LogP contribution >= 0.6 is 0 Å². The van der Waals surface area contributed by atoms with Crippen LogP contribution in [0.25, 0.3) is 0 Å². The molecule has 0 aliphatic heterocycles. The molecule has 0 aliphatic rings. The van der Waals surface area contributed by atoms with Crippen molar-refractivity contribution in [3.05, 3.63) is 0 Å². The first kappa shape index (κ1) is 22.7. The van der Waals surface area contributed by atoms with Gasteiger partial charge in [0.1, 0.15) is 0 Å². The average molecular weight is 349 g/mol. The van der Waals surface area contributed by atoms with Gasteiger partial charge in [0, 0.05) is 25.9 Å². The molecule has 4 heteroatoms. The lowest BCUT2D eigenvalue weighted by Crippen LogP contribution is -2.26. The Bertz CT molecular complexity index is 768. The zero-order valence-electron chi connectivity index (χ0n) is 15.6. The van der Waals surface area contributed by atoms with Gasteiger partial charge in [-0.1, -0.05) is 12.8 Å². The lowest BCUT2D eigenvalue weighted by molar-refractivity contribution is -0.137. The number of rotatable bonds is 8. The van der Waals surface area contributed by atoms with Crippen molar-refractivity contribution >= 4 is 11.9 Å². The zero-order chi connectivity index (χ0) is 19.5. The Morgan fingerprint density at radius 2 is 1.50 bits per heavy atom. The summed E-state index contributed by atoms with van der Waals surface area (Å²) in [5.74, 6) is 24.2. The first-order valence-corrected chi connectivity index (χ1v) is 8.45. The van der Waals surface area contributed by atoms with Crippen molar-refractivity contribution in [2.45, 2.75) is 46.0 Å². The Kier molecular flexibility index (Phi) is 14.5. The molecular formula is C22H23NO3. The van der Waals surface area contributed by atoms with Gasteiger partial charge in [0.15, 0.2) is 0 Å². The van der Waals surface area contributed by atoms with Crippen molar-refractivity contribution in [1.29, 1.82) is 0 Å². The van der Waals surface area contributed by atoms with E-state index < -0.39 is 5.97 Å². The molecule has 134 valence electrons. The van der Waals surface area contributed by atoms with Gasteiger partial charge in [-0.05, 0) is 80.0 Å². The van der Waals surface area contributed by atoms with E-state index in [2.05, 4.69) is 59.2 Å². The van der Waals surface area contributed by atoms with E-state index in [0.717, 1.165) is 25.8 Å². The van der Waals surface area contributed by atoms with E-state index in [1.165, 1.54) is 0 Å². The highest BCUT2D eigenvalue weighted by Gasteiger charge is 2.06. The quantitative estimate of drug-likeness (QED) is 0.291. The van der Waals surface area contributed by atoms with Crippen LogP contribution in [-0.2, 0) is 14.3 Å². The van der Waals surface area contributed by atoms with Gasteiger partial charge in [-0.25, -0.2) is 4.79 Å². The first-order valence-electron chi connectivity index (χ1n) is 8.45. The first-order chi connectivity index (χ1) is 12.6. The number of esters is 1. The number of carbonyl (C=O) groups excluding carboxylic acids is 2. The smallest absolute Gasteiger partial charge is 0.385 e. The molecule has 0 heterocycles. The largest absolute Gasteiger partial charge is 0.456 e. The second-order valence-electron chi connectivity index (χ2n) is 5.14. The van der Waals surface area contributed by atoms with Gasteiger partial charge in [-0.3, -0.25) is 4.79 Å². The molecule has 1 amide bonds. The third-order valence-corrected chi connectivity index (χ3v) is 2.98. The molecule has 0 saturated carbocycles. The minimum Gasteiger partial charge on any atom is -0.456 e. The average Bonchev–Trinajstić information content (AvgIpc) is 2.63. The number of unbranched alkanes of at least 4 members (excludes halogenated alkanes) is 2. The molecule has 26 heavy (non-hydrogen) atoms. The second kappa shape index (κ2) is 16.6. The van der Waals surface area contributed by atoms with Crippen LogP contribution in [0.15, 0.2) is 0 Å². The maximum Gasteiger partial charge on any atom is 0.385 e. The summed E-state index contributed by atoms with van der Waals surface area (Å²) in [6.07, 6.45) is 3.79. The molecule has 0 aliphatic carbocycles. The summed E-state index contributed by atoms with van der Waals surface area (Å²) < 4.78 is 4.96. The molecule has 0 aromatic rings. The predicted molar refractivity (Wildman–Crippen MR) is 102 cm³/mol. The second-order valence-corrected chi connectivity index (χ2v) is 5.14. The van der Waals surface area contributed by atoms with Crippen LogP contribution in [0.2, 0.25) is 0 Å². The minimum atomic E-state index is -0.621. The molecule has 0 spiro atoms. The molecule has 0 atom stereocenters. The topological polar surface area (TPSA) is 46.6 Å². The molecule has 0 unspecified atom stereocenters. The van der Waals surface area contributed by atoms with E-state index in [0.29, 0.717) is 12.8 Å². The fourth-order valence-corrected chi connectivity index (χ4v) is 1.74. The molecule has 0 radical (unpaired) electrons. The van der Waals surface area contributed by atoms with E-state index in [1.54, 1.807) is 11.8 Å². The van der Waals surface area contributed by atoms with Crippen molar-refractivity contribution in [3.63, 3.8) is 0 Å². The van der Waals surface area contributed by atoms with Crippen LogP contribution < -0.4 is 0 Å². The number of amides is 1. The SMILES string of the molecule is CC#CC#CC#CC#CC#CC(=O)OCCCCCC(=O)N(C)CCC. The molecule has 0 aromatic heterocycles. The number of carbonyl (C=O) groups is 2. The Balaban J connectivity index is 3.87. The van der Waals surface area contributed by atoms with Gasteiger partial charge < -0.3 is 9.64 Å². The maximum absolute atomic E-state index is 11.7. The highest BCUT2D eigenvalue weighted by atomic mass is 16.5. The molecule has 4 nitrogen and oxygen atoms in total. The number of hydrogen-bond acceptors (Lipinski definition) is 3. The lowest BCUT2D eigenvalue weighted by atomic mass is 10.2. The van der Waals surface area contributed by atoms with Crippen LogP contribution in [0.4, 0.5) is 0 Å². The van der Waals surface area contributed by atoms with Crippen molar-refractivity contribution in [2.75, 3.05) is 20.2 Å². The molecule has 0 fully saturated rings. The van der Waals surface area contributed by atoms with E-state index in [4.69, 9.17) is 4.74 Å². The summed E-state index contributed by atoms with van der Waals surface area (Å²) in [6, 6.07) is 0. The summed E-state index contributed by atoms with van der Waals surface area (Å²) in [5.41, 5.74) is 0. The van der Waals surface area contributed by atoms with Crippen LogP contribution in [0, 0.1) is 59.2 Å². The monoisotopic (exact) mass is 349 g/mol. The van der Waals surface area contributed by atoms with E-state index in [-0.39, 0.29) is 12.5 Å². The van der Waals surface area contributed by atoms with Gasteiger partial charge in [-0.15, -0.1) is 0 Å². The van der Waals surface area contributed by atoms with Gasteiger partial charge in [-0.2, -0.15) is 0 Å². The van der Waals surface area contributed by atoms with E-state index >= 15 is 0 Å². The van der Waals surface area contributed by atoms with Crippen molar-refractivity contribution in [2.24, 2.45) is 0 Å². The summed E-state index contributed by atoms with van der Waals surface area (Å²) in [6.45, 7) is 4.79. The predicted octanol–water partition coefficient (Wildman–Crippen LogP) is 2.00. The highest BCUT2D eigenvalue weighted by Crippen LogP contribution is 2.03. The summed E-state index contributed by atoms with van der Waals surface area (Å²) in [7, 11) is 1.81. The Labute approximate surface area is 157 Å². The molecule has 0 N–H and O–H groups in total. The van der Waals surface area contributed by atoms with Gasteiger partial charge in [0.2, 0.25) is 5.91 Å². The normalized spacial score (nSPS) is 7.65. The summed E-state index contributed by atoms with van der Waals surface area (Å²) >= 11 is 0. The van der Waals surface area contributed by atoms with Crippen molar-refractivity contribution < 1.29 is 14.3 Å². The molecule has 0 aromatic carbocycles. The maximum atomic E-state index is 11.7. The Hall–Kier alpha value is -3.26. The van der Waals surface area contributed by atoms with Gasteiger partial charge in [0.25, 0.3) is 0 Å². The number of ether oxygens (including phenoxy) is 1. The Morgan fingerprint density at radius 3 is 2.12 bits per heavy atom. The Morgan fingerprint density at radius 1 is 0.885 bits per heavy atom. The van der Waals surface area contributed by atoms with Gasteiger partial charge >= 0.3 is 5.97 Å². The standard InChI is InChI=1S/C22H23NO3/c1-4-6-7-8-9-10-11-12-15-18-22(25)26-20-16-13-14-17-21(24)23(3)19-5-2/h5,13-14,16-17,19-20H2,1-3H3. The van der Waals surface area contributed by atoms with Crippen LogP contribution in [0.3, 0.4) is 0 Å². The van der Waals surface area contributed by atoms with Crippen LogP contribution in [0.1, 0.15) is 46.0 Å². The van der Waals surface area contributed by atoms with Crippen LogP contribution in [0.5, 0.6) is 0 Å². The van der Waals surface area contributed by atoms with E-state index in [1.807, 2.05) is 14.0 Å². The minimum absolute atomic E-state index is 0.153. The van der Waals surface area contributed by atoms with Crippen LogP contribution in [-0.4, -0.2) is 37.0 Å². The molecule has 0 saturated heterocycles. The number of hydrogen-bond donors (Lipinski definition) is 0. The summed E-state index contributed by atoms with van der Waals surface area (Å²) in [4.78, 5) is 24.8. The third-order valence-electron chi connectivity index (χ3n) is 2.98. The van der Waals surface area contributed by atoms with Crippen molar-refractivity contribution in [3.8, 4) is 59.2 Å². The lowest BCUT2D eigenvalue weighted by Gasteiger charge is -2.15. The fraction of sp³-hybridized carbons (Fsp3) is 0.455. The number of nitrogens with zero attached hydrogens (tertiary/aromatic N) is 1. The van der Waals surface area contributed by atoms with Gasteiger partial charge in [0.05, 0.1) is 6.61 Å².